The average Bonchev–Trinajstić information content (AvgIpc) is 3.23. The van der Waals surface area contributed by atoms with E-state index in [2.05, 4.69) is 21.2 Å². The van der Waals surface area contributed by atoms with Crippen LogP contribution in [0.5, 0.6) is 5.75 Å². The maximum Gasteiger partial charge on any atom is 0.289 e. The third-order valence-corrected chi connectivity index (χ3v) is 4.45. The lowest BCUT2D eigenvalue weighted by Gasteiger charge is -2.22. The first-order valence-corrected chi connectivity index (χ1v) is 8.38. The second-order valence-corrected chi connectivity index (χ2v) is 6.49. The van der Waals surface area contributed by atoms with E-state index in [1.807, 2.05) is 31.3 Å². The van der Waals surface area contributed by atoms with Gasteiger partial charge in [-0.15, -0.1) is 12.4 Å². The van der Waals surface area contributed by atoms with E-state index >= 15 is 0 Å². The van der Waals surface area contributed by atoms with Crippen LogP contribution in [0.4, 0.5) is 0 Å². The number of carbonyl (C=O) groups excluding carboxylic acids is 1. The van der Waals surface area contributed by atoms with Crippen LogP contribution in [0.1, 0.15) is 22.7 Å². The lowest BCUT2D eigenvalue weighted by atomic mass is 10.2. The van der Waals surface area contributed by atoms with Gasteiger partial charge in [0.05, 0.1) is 0 Å². The SMILES string of the molecule is CN(C(=O)c1ccc(COc2cccc(Br)c2)o1)C1CCNC1.Cl. The van der Waals surface area contributed by atoms with Crippen LogP contribution in [0.2, 0.25) is 0 Å². The first-order chi connectivity index (χ1) is 11.1. The summed E-state index contributed by atoms with van der Waals surface area (Å²) < 4.78 is 12.3. The van der Waals surface area contributed by atoms with E-state index in [9.17, 15) is 4.79 Å². The summed E-state index contributed by atoms with van der Waals surface area (Å²) in [6, 6.07) is 11.3. The number of likely N-dealkylation sites (N-methyl/N-ethyl adjacent to an activating group) is 1. The molecule has 1 fully saturated rings. The molecular weight excluding hydrogens is 396 g/mol. The Bertz CT molecular complexity index is 686. The van der Waals surface area contributed by atoms with Crippen molar-refractivity contribution in [3.8, 4) is 5.75 Å². The zero-order valence-electron chi connectivity index (χ0n) is 13.3. The monoisotopic (exact) mass is 414 g/mol. The van der Waals surface area contributed by atoms with E-state index in [1.165, 1.54) is 0 Å². The summed E-state index contributed by atoms with van der Waals surface area (Å²) in [6.45, 7) is 2.08. The number of ether oxygens (including phenoxy) is 1. The summed E-state index contributed by atoms with van der Waals surface area (Å²) in [7, 11) is 1.82. The van der Waals surface area contributed by atoms with Gasteiger partial charge in [0, 0.05) is 24.1 Å². The molecule has 1 aromatic heterocycles. The summed E-state index contributed by atoms with van der Waals surface area (Å²) in [4.78, 5) is 14.2. The van der Waals surface area contributed by atoms with E-state index in [1.54, 1.807) is 17.0 Å². The van der Waals surface area contributed by atoms with Gasteiger partial charge >= 0.3 is 0 Å². The molecule has 0 saturated carbocycles. The Kier molecular flexibility index (Phi) is 6.71. The van der Waals surface area contributed by atoms with Crippen molar-refractivity contribution in [3.05, 3.63) is 52.4 Å². The first-order valence-electron chi connectivity index (χ1n) is 7.58. The highest BCUT2D eigenvalue weighted by Gasteiger charge is 2.25. The standard InChI is InChI=1S/C17H19BrN2O3.ClH/c1-20(13-7-8-19-10-13)17(21)16-6-5-15(23-16)11-22-14-4-2-3-12(18)9-14;/h2-6,9,13,19H,7-8,10-11H2,1H3;1H. The third kappa shape index (κ3) is 4.53. The predicted octanol–water partition coefficient (Wildman–Crippen LogP) is 3.48. The van der Waals surface area contributed by atoms with Crippen LogP contribution in [-0.4, -0.2) is 37.0 Å². The Balaban J connectivity index is 0.00000208. The minimum Gasteiger partial charge on any atom is -0.486 e. The predicted molar refractivity (Wildman–Crippen MR) is 97.8 cm³/mol. The van der Waals surface area contributed by atoms with Gasteiger partial charge in [0.2, 0.25) is 0 Å². The van der Waals surface area contributed by atoms with E-state index in [0.717, 1.165) is 29.7 Å². The molecule has 1 aromatic carbocycles. The Hall–Kier alpha value is -1.50. The molecule has 1 N–H and O–H groups in total. The van der Waals surface area contributed by atoms with Gasteiger partial charge in [-0.05, 0) is 43.3 Å². The van der Waals surface area contributed by atoms with Gasteiger partial charge in [-0.3, -0.25) is 4.79 Å². The van der Waals surface area contributed by atoms with E-state index in [-0.39, 0.29) is 24.4 Å². The van der Waals surface area contributed by atoms with Gasteiger partial charge < -0.3 is 19.4 Å². The highest BCUT2D eigenvalue weighted by Crippen LogP contribution is 2.20. The highest BCUT2D eigenvalue weighted by atomic mass is 79.9. The molecule has 2 aromatic rings. The molecule has 0 aliphatic carbocycles. The summed E-state index contributed by atoms with van der Waals surface area (Å²) in [5.41, 5.74) is 0. The Labute approximate surface area is 155 Å². The molecule has 5 nitrogen and oxygen atoms in total. The van der Waals surface area contributed by atoms with Gasteiger partial charge in [-0.2, -0.15) is 0 Å². The molecule has 7 heteroatoms. The topological polar surface area (TPSA) is 54.7 Å². The largest absolute Gasteiger partial charge is 0.486 e. The normalized spacial score (nSPS) is 16.5. The molecule has 3 rings (SSSR count). The van der Waals surface area contributed by atoms with Gasteiger partial charge in [0.1, 0.15) is 18.1 Å². The molecule has 0 bridgehead atoms. The number of carbonyl (C=O) groups is 1. The molecule has 1 amide bonds. The number of furan rings is 1. The van der Waals surface area contributed by atoms with Crippen molar-refractivity contribution in [2.24, 2.45) is 0 Å². The number of nitrogens with zero attached hydrogens (tertiary/aromatic N) is 1. The van der Waals surface area contributed by atoms with Crippen LogP contribution in [0, 0.1) is 0 Å². The van der Waals surface area contributed by atoms with Gasteiger partial charge in [0.15, 0.2) is 5.76 Å². The van der Waals surface area contributed by atoms with Gasteiger partial charge in [0.25, 0.3) is 5.91 Å². The quantitative estimate of drug-likeness (QED) is 0.812. The minimum absolute atomic E-state index is 0. The second-order valence-electron chi connectivity index (χ2n) is 5.57. The molecule has 1 atom stereocenters. The van der Waals surface area contributed by atoms with Gasteiger partial charge in [-0.25, -0.2) is 0 Å². The molecule has 130 valence electrons. The number of rotatable bonds is 5. The number of halogens is 2. The minimum atomic E-state index is -0.0904. The van der Waals surface area contributed by atoms with Crippen molar-refractivity contribution in [1.82, 2.24) is 10.2 Å². The molecule has 1 saturated heterocycles. The molecule has 1 unspecified atom stereocenters. The van der Waals surface area contributed by atoms with Crippen LogP contribution in [0.3, 0.4) is 0 Å². The Morgan fingerprint density at radius 3 is 2.96 bits per heavy atom. The summed E-state index contributed by atoms with van der Waals surface area (Å²) in [6.07, 6.45) is 0.974. The lowest BCUT2D eigenvalue weighted by Crippen LogP contribution is -2.38. The van der Waals surface area contributed by atoms with Crippen LogP contribution >= 0.6 is 28.3 Å². The molecule has 0 spiro atoms. The van der Waals surface area contributed by atoms with Crippen LogP contribution in [0.25, 0.3) is 0 Å². The van der Waals surface area contributed by atoms with E-state index in [0.29, 0.717) is 18.1 Å². The first kappa shape index (κ1) is 18.8. The fourth-order valence-corrected chi connectivity index (χ4v) is 2.97. The third-order valence-electron chi connectivity index (χ3n) is 3.95. The van der Waals surface area contributed by atoms with Crippen molar-refractivity contribution in [2.45, 2.75) is 19.1 Å². The van der Waals surface area contributed by atoms with Crippen LogP contribution in [-0.2, 0) is 6.61 Å². The average molecular weight is 416 g/mol. The number of hydrogen-bond acceptors (Lipinski definition) is 4. The van der Waals surface area contributed by atoms with Crippen LogP contribution in [0.15, 0.2) is 45.3 Å². The molecule has 2 heterocycles. The number of amides is 1. The maximum absolute atomic E-state index is 12.4. The van der Waals surface area contributed by atoms with E-state index < -0.39 is 0 Å². The number of hydrogen-bond donors (Lipinski definition) is 1. The molecule has 1 aliphatic rings. The number of benzene rings is 1. The zero-order valence-corrected chi connectivity index (χ0v) is 15.7. The highest BCUT2D eigenvalue weighted by molar-refractivity contribution is 9.10. The smallest absolute Gasteiger partial charge is 0.289 e. The zero-order chi connectivity index (χ0) is 16.2. The Morgan fingerprint density at radius 2 is 2.25 bits per heavy atom. The second kappa shape index (κ2) is 8.55. The molecule has 24 heavy (non-hydrogen) atoms. The Morgan fingerprint density at radius 1 is 1.42 bits per heavy atom. The summed E-state index contributed by atoms with van der Waals surface area (Å²) in [5, 5.41) is 3.26. The van der Waals surface area contributed by atoms with E-state index in [4.69, 9.17) is 9.15 Å². The van der Waals surface area contributed by atoms with Crippen molar-refractivity contribution < 1.29 is 13.9 Å². The molecular formula is C17H20BrClN2O3. The van der Waals surface area contributed by atoms with Crippen molar-refractivity contribution in [3.63, 3.8) is 0 Å². The van der Waals surface area contributed by atoms with Gasteiger partial charge in [-0.1, -0.05) is 22.0 Å². The summed E-state index contributed by atoms with van der Waals surface area (Å²) >= 11 is 3.40. The van der Waals surface area contributed by atoms with Crippen molar-refractivity contribution in [1.29, 1.82) is 0 Å². The molecule has 1 aliphatic heterocycles. The number of nitrogens with one attached hydrogen (secondary N) is 1. The summed E-state index contributed by atoms with van der Waals surface area (Å²) in [5.74, 6) is 1.64. The fourth-order valence-electron chi connectivity index (χ4n) is 2.59. The fraction of sp³-hybridized carbons (Fsp3) is 0.353. The van der Waals surface area contributed by atoms with Crippen molar-refractivity contribution in [2.75, 3.05) is 20.1 Å². The van der Waals surface area contributed by atoms with Crippen molar-refractivity contribution >= 4 is 34.2 Å². The van der Waals surface area contributed by atoms with Crippen LogP contribution < -0.4 is 10.1 Å². The lowest BCUT2D eigenvalue weighted by molar-refractivity contribution is 0.0707. The molecule has 0 radical (unpaired) electrons. The maximum atomic E-state index is 12.4.